The molecule has 5 rings (SSSR count). The average Bonchev–Trinajstić information content (AvgIpc) is 3.33. The molecular formula is C26H21Cl5IN3O4. The molecule has 1 unspecified atom stereocenters. The fourth-order valence-corrected chi connectivity index (χ4v) is 6.68. The zero-order valence-electron chi connectivity index (χ0n) is 20.3. The maximum absolute atomic E-state index is 11.9. The van der Waals surface area contributed by atoms with Gasteiger partial charge in [-0.2, -0.15) is 0 Å². The number of fused-ring (bicyclic) bond motifs is 1. The second kappa shape index (κ2) is 12.1. The number of halogens is 6. The van der Waals surface area contributed by atoms with Crippen LogP contribution in [0.15, 0.2) is 48.9 Å². The molecule has 0 spiro atoms. The number of nitrogens with zero attached hydrogens (tertiary/aromatic N) is 3. The maximum Gasteiger partial charge on any atom is 0.167 e. The first-order chi connectivity index (χ1) is 18.6. The first kappa shape index (κ1) is 29.6. The SMILES string of the molecule is C[C@]1(O)C(n2cc(I)c3c(Cl)ncnc32)O[C@H](COCc2ccc(Cl)cc2Cl)[C@H]1OCc1ccc(Cl)cc1Cl. The third kappa shape index (κ3) is 6.16. The van der Waals surface area contributed by atoms with Crippen molar-refractivity contribution in [3.63, 3.8) is 0 Å². The minimum Gasteiger partial charge on any atom is -0.383 e. The molecule has 7 nitrogen and oxygen atoms in total. The Morgan fingerprint density at radius 1 is 1.00 bits per heavy atom. The summed E-state index contributed by atoms with van der Waals surface area (Å²) in [7, 11) is 0. The van der Waals surface area contributed by atoms with Gasteiger partial charge in [-0.3, -0.25) is 0 Å². The lowest BCUT2D eigenvalue weighted by Crippen LogP contribution is -2.46. The van der Waals surface area contributed by atoms with Gasteiger partial charge in [-0.15, -0.1) is 0 Å². The smallest absolute Gasteiger partial charge is 0.167 e. The molecule has 13 heteroatoms. The third-order valence-electron chi connectivity index (χ3n) is 6.48. The van der Waals surface area contributed by atoms with Crippen LogP contribution < -0.4 is 0 Å². The highest BCUT2D eigenvalue weighted by Crippen LogP contribution is 2.43. The highest BCUT2D eigenvalue weighted by molar-refractivity contribution is 14.1. The Balaban J connectivity index is 1.42. The van der Waals surface area contributed by atoms with E-state index in [9.17, 15) is 5.11 Å². The fraction of sp³-hybridized carbons (Fsp3) is 0.308. The van der Waals surface area contributed by atoms with E-state index in [1.54, 1.807) is 47.9 Å². The predicted molar refractivity (Wildman–Crippen MR) is 161 cm³/mol. The molecule has 4 aromatic rings. The van der Waals surface area contributed by atoms with Gasteiger partial charge in [0.15, 0.2) is 6.23 Å². The highest BCUT2D eigenvalue weighted by atomic mass is 127. The molecule has 206 valence electrons. The van der Waals surface area contributed by atoms with Crippen molar-refractivity contribution in [3.05, 3.63) is 88.9 Å². The number of ether oxygens (including phenoxy) is 3. The van der Waals surface area contributed by atoms with E-state index in [-0.39, 0.29) is 19.8 Å². The van der Waals surface area contributed by atoms with Gasteiger partial charge in [0.2, 0.25) is 0 Å². The van der Waals surface area contributed by atoms with E-state index in [4.69, 9.17) is 72.2 Å². The lowest BCUT2D eigenvalue weighted by Gasteiger charge is -2.30. The van der Waals surface area contributed by atoms with Gasteiger partial charge in [-0.1, -0.05) is 70.1 Å². The Morgan fingerprint density at radius 2 is 1.64 bits per heavy atom. The van der Waals surface area contributed by atoms with Crippen LogP contribution >= 0.6 is 80.6 Å². The predicted octanol–water partition coefficient (Wildman–Crippen LogP) is 7.75. The van der Waals surface area contributed by atoms with E-state index >= 15 is 0 Å². The van der Waals surface area contributed by atoms with Crippen molar-refractivity contribution in [1.82, 2.24) is 14.5 Å². The number of aliphatic hydroxyl groups is 1. The summed E-state index contributed by atoms with van der Waals surface area (Å²) in [5.41, 5.74) is 0.509. The van der Waals surface area contributed by atoms with E-state index in [1.807, 2.05) is 6.20 Å². The lowest BCUT2D eigenvalue weighted by molar-refractivity contribution is -0.114. The van der Waals surface area contributed by atoms with Crippen molar-refractivity contribution in [2.45, 2.75) is 44.2 Å². The van der Waals surface area contributed by atoms with E-state index in [2.05, 4.69) is 32.6 Å². The van der Waals surface area contributed by atoms with Crippen LogP contribution in [0.1, 0.15) is 24.3 Å². The second-order valence-electron chi connectivity index (χ2n) is 9.22. The number of hydrogen-bond donors (Lipinski definition) is 1. The van der Waals surface area contributed by atoms with Crippen molar-refractivity contribution >= 4 is 91.6 Å². The topological polar surface area (TPSA) is 78.6 Å². The normalized spacial score (nSPS) is 23.1. The molecule has 0 saturated carbocycles. The molecule has 1 aliphatic rings. The van der Waals surface area contributed by atoms with Crippen LogP contribution in [0.5, 0.6) is 0 Å². The van der Waals surface area contributed by atoms with E-state index in [0.717, 1.165) is 9.13 Å². The molecule has 4 atom stereocenters. The molecular weight excluding hydrogens is 722 g/mol. The Morgan fingerprint density at radius 3 is 2.28 bits per heavy atom. The maximum atomic E-state index is 11.9. The summed E-state index contributed by atoms with van der Waals surface area (Å²) in [6, 6.07) is 10.3. The van der Waals surface area contributed by atoms with Crippen molar-refractivity contribution in [2.24, 2.45) is 0 Å². The van der Waals surface area contributed by atoms with Gasteiger partial charge in [0.1, 0.15) is 34.9 Å². The molecule has 0 radical (unpaired) electrons. The van der Waals surface area contributed by atoms with Crippen LogP contribution in [-0.2, 0) is 27.4 Å². The van der Waals surface area contributed by atoms with Crippen LogP contribution in [-0.4, -0.2) is 44.1 Å². The summed E-state index contributed by atoms with van der Waals surface area (Å²) in [4.78, 5) is 8.48. The quantitative estimate of drug-likeness (QED) is 0.147. The second-order valence-corrected chi connectivity index (χ2v) is 12.4. The van der Waals surface area contributed by atoms with Gasteiger partial charge in [0, 0.05) is 29.9 Å². The standard InChI is InChI=1S/C26H21Cl5IN3O4/c1-26(36)22(38-10-14-3-5-16(28)7-18(14)30)20(11-37-9-13-2-4-15(27)6-17(13)29)39-25(26)35-8-19(32)21-23(31)33-12-34-24(21)35/h2-8,12,20,22,25,36H,9-11H2,1H3/t20-,22-,25?,26-/m1/s1. The fourth-order valence-electron chi connectivity index (χ4n) is 4.57. The Labute approximate surface area is 263 Å². The van der Waals surface area contributed by atoms with E-state index < -0.39 is 24.0 Å². The summed E-state index contributed by atoms with van der Waals surface area (Å²) in [5, 5.41) is 14.8. The molecule has 0 aliphatic carbocycles. The first-order valence-electron chi connectivity index (χ1n) is 11.7. The van der Waals surface area contributed by atoms with Crippen molar-refractivity contribution in [1.29, 1.82) is 0 Å². The molecule has 3 heterocycles. The summed E-state index contributed by atoms with van der Waals surface area (Å²) in [6.45, 7) is 2.09. The van der Waals surface area contributed by atoms with Crippen molar-refractivity contribution in [3.8, 4) is 0 Å². The molecule has 1 N–H and O–H groups in total. The molecule has 39 heavy (non-hydrogen) atoms. The van der Waals surface area contributed by atoms with Crippen molar-refractivity contribution < 1.29 is 19.3 Å². The van der Waals surface area contributed by atoms with Gasteiger partial charge in [-0.25, -0.2) is 9.97 Å². The van der Waals surface area contributed by atoms with Crippen LogP contribution in [0, 0.1) is 3.57 Å². The Hall–Kier alpha value is -0.920. The van der Waals surface area contributed by atoms with Gasteiger partial charge in [0.25, 0.3) is 0 Å². The number of benzene rings is 2. The van der Waals surface area contributed by atoms with Gasteiger partial charge >= 0.3 is 0 Å². The molecule has 2 aromatic carbocycles. The molecule has 1 aliphatic heterocycles. The lowest BCUT2D eigenvalue weighted by atomic mass is 9.96. The van der Waals surface area contributed by atoms with E-state index in [0.29, 0.717) is 41.8 Å². The summed E-state index contributed by atoms with van der Waals surface area (Å²) < 4.78 is 21.2. The van der Waals surface area contributed by atoms with Gasteiger partial charge < -0.3 is 23.9 Å². The molecule has 1 saturated heterocycles. The van der Waals surface area contributed by atoms with Crippen LogP contribution in [0.2, 0.25) is 25.2 Å². The summed E-state index contributed by atoms with van der Waals surface area (Å²) >= 11 is 33.2. The monoisotopic (exact) mass is 741 g/mol. The number of rotatable bonds is 8. The largest absolute Gasteiger partial charge is 0.383 e. The zero-order chi connectivity index (χ0) is 27.9. The number of aromatic nitrogens is 3. The minimum atomic E-state index is -1.50. The van der Waals surface area contributed by atoms with E-state index in [1.165, 1.54) is 6.33 Å². The van der Waals surface area contributed by atoms with Crippen molar-refractivity contribution in [2.75, 3.05) is 6.61 Å². The third-order valence-corrected chi connectivity index (χ3v) is 8.75. The Bertz CT molecular complexity index is 1520. The van der Waals surface area contributed by atoms with Crippen LogP contribution in [0.3, 0.4) is 0 Å². The van der Waals surface area contributed by atoms with Crippen LogP contribution in [0.25, 0.3) is 11.0 Å². The van der Waals surface area contributed by atoms with Gasteiger partial charge in [0.05, 0.1) is 25.2 Å². The minimum absolute atomic E-state index is 0.108. The van der Waals surface area contributed by atoms with Crippen LogP contribution in [0.4, 0.5) is 0 Å². The molecule has 0 amide bonds. The summed E-state index contributed by atoms with van der Waals surface area (Å²) in [5.74, 6) is 0. The first-order valence-corrected chi connectivity index (χ1v) is 14.6. The molecule has 0 bridgehead atoms. The molecule has 1 fully saturated rings. The summed E-state index contributed by atoms with van der Waals surface area (Å²) in [6.07, 6.45) is 0.854. The van der Waals surface area contributed by atoms with Gasteiger partial charge in [-0.05, 0) is 64.9 Å². The zero-order valence-corrected chi connectivity index (χ0v) is 26.2. The Kier molecular flexibility index (Phi) is 9.20. The highest BCUT2D eigenvalue weighted by Gasteiger charge is 2.55. The number of hydrogen-bond acceptors (Lipinski definition) is 6. The molecule has 2 aromatic heterocycles. The average molecular weight is 744 g/mol.